The molecule has 3 nitrogen and oxygen atoms in total. The summed E-state index contributed by atoms with van der Waals surface area (Å²) in [5.41, 5.74) is 9.10. The van der Waals surface area contributed by atoms with E-state index in [0.717, 1.165) is 22.6 Å². The SMILES string of the molecule is c1ccc(-c2ccc3c(c2)c2c4ccccc4c4c5ccccc5sc4c2n3-c2ccc(-c3cn4ccccc4n3)cc2)cc1. The Balaban J connectivity index is 1.32. The molecule has 0 saturated carbocycles. The lowest BCUT2D eigenvalue weighted by Gasteiger charge is -2.11. The molecule has 0 aliphatic rings. The van der Waals surface area contributed by atoms with Gasteiger partial charge in [0.1, 0.15) is 5.65 Å². The Morgan fingerprint density at radius 2 is 1.24 bits per heavy atom. The Hall–Kier alpha value is -5.71. The maximum absolute atomic E-state index is 4.87. The molecule has 0 amide bonds. The predicted molar refractivity (Wildman–Crippen MR) is 191 cm³/mol. The van der Waals surface area contributed by atoms with Crippen molar-refractivity contribution in [1.29, 1.82) is 0 Å². The van der Waals surface area contributed by atoms with Crippen LogP contribution in [0.1, 0.15) is 0 Å². The van der Waals surface area contributed by atoms with E-state index in [1.807, 2.05) is 35.7 Å². The van der Waals surface area contributed by atoms with Crippen LogP contribution in [0.3, 0.4) is 0 Å². The van der Waals surface area contributed by atoms with E-state index >= 15 is 0 Å². The first-order valence-corrected chi connectivity index (χ1v) is 16.0. The number of hydrogen-bond acceptors (Lipinski definition) is 2. The number of benzene rings is 6. The predicted octanol–water partition coefficient (Wildman–Crippen LogP) is 11.3. The smallest absolute Gasteiger partial charge is 0.137 e. The van der Waals surface area contributed by atoms with Crippen molar-refractivity contribution in [2.24, 2.45) is 0 Å². The molecule has 4 heteroatoms. The van der Waals surface area contributed by atoms with Gasteiger partial charge >= 0.3 is 0 Å². The van der Waals surface area contributed by atoms with Crippen LogP contribution in [-0.4, -0.2) is 14.0 Å². The van der Waals surface area contributed by atoms with Crippen LogP contribution in [0.5, 0.6) is 0 Å². The fourth-order valence-corrected chi connectivity index (χ4v) is 8.37. The standard InChI is InChI=1S/C41H25N3S/c1-2-10-26(11-3-1)28-19-22-35-33(24-28)38-30-12-4-5-13-31(30)39-32-14-6-7-15-36(32)45-41(39)40(38)44(35)29-20-17-27(18-21-29)34-25-43-23-9-8-16-37(43)42-34/h1-25H. The molecular weight excluding hydrogens is 567 g/mol. The molecule has 0 aliphatic heterocycles. The van der Waals surface area contributed by atoms with Crippen LogP contribution in [0, 0.1) is 0 Å². The lowest BCUT2D eigenvalue weighted by Crippen LogP contribution is -1.94. The number of imidazole rings is 1. The second-order valence-electron chi connectivity index (χ2n) is 11.6. The first-order chi connectivity index (χ1) is 22.3. The summed E-state index contributed by atoms with van der Waals surface area (Å²) >= 11 is 1.90. The molecule has 4 heterocycles. The first kappa shape index (κ1) is 24.7. The Kier molecular flexibility index (Phi) is 5.16. The number of nitrogens with zero attached hydrogens (tertiary/aromatic N) is 3. The number of fused-ring (bicyclic) bond motifs is 11. The molecule has 10 rings (SSSR count). The van der Waals surface area contributed by atoms with Crippen LogP contribution in [-0.2, 0) is 0 Å². The van der Waals surface area contributed by atoms with Gasteiger partial charge in [-0.2, -0.15) is 0 Å². The molecule has 0 saturated heterocycles. The highest BCUT2D eigenvalue weighted by molar-refractivity contribution is 7.27. The second kappa shape index (κ2) is 9.39. The summed E-state index contributed by atoms with van der Waals surface area (Å²) < 4.78 is 7.20. The number of pyridine rings is 1. The third-order valence-corrected chi connectivity index (χ3v) is 10.3. The number of hydrogen-bond donors (Lipinski definition) is 0. The average Bonchev–Trinajstić information content (AvgIpc) is 3.81. The highest BCUT2D eigenvalue weighted by Gasteiger charge is 2.22. The Morgan fingerprint density at radius 1 is 0.533 bits per heavy atom. The molecule has 10 aromatic rings. The lowest BCUT2D eigenvalue weighted by molar-refractivity contribution is 1.19. The van der Waals surface area contributed by atoms with Gasteiger partial charge in [-0.1, -0.05) is 97.1 Å². The molecule has 0 bridgehead atoms. The van der Waals surface area contributed by atoms with Crippen LogP contribution in [0.2, 0.25) is 0 Å². The van der Waals surface area contributed by atoms with Crippen molar-refractivity contribution >= 4 is 69.7 Å². The van der Waals surface area contributed by atoms with Crippen molar-refractivity contribution < 1.29 is 0 Å². The molecule has 210 valence electrons. The molecule has 0 unspecified atom stereocenters. The van der Waals surface area contributed by atoms with Crippen molar-refractivity contribution in [3.63, 3.8) is 0 Å². The van der Waals surface area contributed by atoms with Gasteiger partial charge in [-0.05, 0) is 64.4 Å². The Morgan fingerprint density at radius 3 is 2.07 bits per heavy atom. The normalized spacial score (nSPS) is 12.0. The van der Waals surface area contributed by atoms with E-state index in [2.05, 4.69) is 136 Å². The van der Waals surface area contributed by atoms with Gasteiger partial charge in [0.2, 0.25) is 0 Å². The van der Waals surface area contributed by atoms with Crippen LogP contribution in [0.25, 0.3) is 86.5 Å². The second-order valence-corrected chi connectivity index (χ2v) is 12.7. The largest absolute Gasteiger partial charge is 0.308 e. The van der Waals surface area contributed by atoms with E-state index < -0.39 is 0 Å². The van der Waals surface area contributed by atoms with Gasteiger partial charge in [0.05, 0.1) is 21.4 Å². The van der Waals surface area contributed by atoms with E-state index in [0.29, 0.717) is 0 Å². The van der Waals surface area contributed by atoms with E-state index in [1.165, 1.54) is 63.9 Å². The fraction of sp³-hybridized carbons (Fsp3) is 0. The van der Waals surface area contributed by atoms with Gasteiger partial charge < -0.3 is 8.97 Å². The monoisotopic (exact) mass is 591 g/mol. The topological polar surface area (TPSA) is 22.2 Å². The van der Waals surface area contributed by atoms with Gasteiger partial charge in [-0.15, -0.1) is 11.3 Å². The van der Waals surface area contributed by atoms with Gasteiger partial charge in [0.25, 0.3) is 0 Å². The van der Waals surface area contributed by atoms with Gasteiger partial charge in [-0.3, -0.25) is 0 Å². The fourth-order valence-electron chi connectivity index (χ4n) is 7.11. The molecule has 6 aromatic carbocycles. The van der Waals surface area contributed by atoms with Gasteiger partial charge in [0.15, 0.2) is 0 Å². The molecule has 0 spiro atoms. The summed E-state index contributed by atoms with van der Waals surface area (Å²) in [6, 6.07) is 50.5. The summed E-state index contributed by atoms with van der Waals surface area (Å²) in [4.78, 5) is 4.87. The minimum absolute atomic E-state index is 0.951. The summed E-state index contributed by atoms with van der Waals surface area (Å²) in [6.45, 7) is 0. The molecule has 0 atom stereocenters. The van der Waals surface area contributed by atoms with Gasteiger partial charge in [-0.25, -0.2) is 4.98 Å². The van der Waals surface area contributed by atoms with Crippen molar-refractivity contribution in [3.8, 4) is 28.1 Å². The molecule has 0 aliphatic carbocycles. The highest BCUT2D eigenvalue weighted by Crippen LogP contribution is 2.48. The zero-order valence-corrected chi connectivity index (χ0v) is 25.0. The van der Waals surface area contributed by atoms with Crippen LogP contribution >= 0.6 is 11.3 Å². The number of aromatic nitrogens is 3. The molecule has 45 heavy (non-hydrogen) atoms. The van der Waals surface area contributed by atoms with E-state index in [4.69, 9.17) is 4.98 Å². The van der Waals surface area contributed by atoms with Crippen LogP contribution < -0.4 is 0 Å². The molecular formula is C41H25N3S. The summed E-state index contributed by atoms with van der Waals surface area (Å²) in [5, 5.41) is 7.84. The third kappa shape index (κ3) is 3.60. The zero-order chi connectivity index (χ0) is 29.5. The van der Waals surface area contributed by atoms with Crippen molar-refractivity contribution in [2.45, 2.75) is 0 Å². The van der Waals surface area contributed by atoms with E-state index in [-0.39, 0.29) is 0 Å². The summed E-state index contributed by atoms with van der Waals surface area (Å²) in [7, 11) is 0. The number of rotatable bonds is 3. The zero-order valence-electron chi connectivity index (χ0n) is 24.2. The highest BCUT2D eigenvalue weighted by atomic mass is 32.1. The van der Waals surface area contributed by atoms with Crippen molar-refractivity contribution in [1.82, 2.24) is 14.0 Å². The van der Waals surface area contributed by atoms with Crippen LogP contribution in [0.4, 0.5) is 0 Å². The Bertz CT molecular complexity index is 2710. The third-order valence-electron chi connectivity index (χ3n) is 9.14. The maximum atomic E-state index is 4.87. The quantitative estimate of drug-likeness (QED) is 0.200. The maximum Gasteiger partial charge on any atom is 0.137 e. The molecule has 0 N–H and O–H groups in total. The van der Waals surface area contributed by atoms with Crippen molar-refractivity contribution in [2.75, 3.05) is 0 Å². The minimum atomic E-state index is 0.951. The van der Waals surface area contributed by atoms with E-state index in [1.54, 1.807) is 0 Å². The van der Waals surface area contributed by atoms with Crippen molar-refractivity contribution in [3.05, 3.63) is 152 Å². The molecule has 0 radical (unpaired) electrons. The summed E-state index contributed by atoms with van der Waals surface area (Å²) in [5.74, 6) is 0. The number of thiophene rings is 1. The Labute approximate surface area is 262 Å². The first-order valence-electron chi connectivity index (χ1n) is 15.2. The average molecular weight is 592 g/mol. The summed E-state index contributed by atoms with van der Waals surface area (Å²) in [6.07, 6.45) is 4.14. The lowest BCUT2D eigenvalue weighted by atomic mass is 9.97. The van der Waals surface area contributed by atoms with E-state index in [9.17, 15) is 0 Å². The minimum Gasteiger partial charge on any atom is -0.308 e. The molecule has 4 aromatic heterocycles. The van der Waals surface area contributed by atoms with Crippen LogP contribution in [0.15, 0.2) is 152 Å². The van der Waals surface area contributed by atoms with Gasteiger partial charge in [0, 0.05) is 49.9 Å². The molecule has 0 fully saturated rings.